The van der Waals surface area contributed by atoms with Crippen molar-refractivity contribution < 1.29 is 4.74 Å². The Balaban J connectivity index is 3.93. The van der Waals surface area contributed by atoms with Crippen LogP contribution in [-0.4, -0.2) is 36.3 Å². The van der Waals surface area contributed by atoms with Gasteiger partial charge in [0, 0.05) is 23.7 Å². The summed E-state index contributed by atoms with van der Waals surface area (Å²) in [5.41, 5.74) is 0.00149. The Hall–Kier alpha value is 0.270. The van der Waals surface area contributed by atoms with E-state index in [1.54, 1.807) is 7.11 Å². The summed E-state index contributed by atoms with van der Waals surface area (Å²) in [6.07, 6.45) is 2.26. The molecule has 0 aliphatic rings. The van der Waals surface area contributed by atoms with Gasteiger partial charge in [-0.2, -0.15) is 11.8 Å². The first-order valence-corrected chi connectivity index (χ1v) is 7.05. The fourth-order valence-electron chi connectivity index (χ4n) is 1.29. The summed E-state index contributed by atoms with van der Waals surface area (Å²) in [7, 11) is 3.84. The average Bonchev–Trinajstić information content (AvgIpc) is 2.16. The van der Waals surface area contributed by atoms with Gasteiger partial charge in [-0.3, -0.25) is 0 Å². The van der Waals surface area contributed by atoms with Gasteiger partial charge >= 0.3 is 0 Å². The Morgan fingerprint density at radius 2 is 1.75 bits per heavy atom. The monoisotopic (exact) mass is 247 g/mol. The maximum absolute atomic E-state index is 5.44. The molecule has 0 aliphatic heterocycles. The minimum Gasteiger partial charge on any atom is -0.379 e. The molecule has 1 atom stereocenters. The second-order valence-electron chi connectivity index (χ2n) is 5.91. The van der Waals surface area contributed by atoms with E-state index in [9.17, 15) is 0 Å². The Bertz CT molecular complexity index is 187. The van der Waals surface area contributed by atoms with Crippen molar-refractivity contribution in [3.8, 4) is 0 Å². The minimum atomic E-state index is 0.00149. The molecule has 98 valence electrons. The van der Waals surface area contributed by atoms with E-state index in [2.05, 4.69) is 39.9 Å². The van der Waals surface area contributed by atoms with E-state index in [4.69, 9.17) is 4.74 Å². The molecule has 0 spiro atoms. The number of ether oxygens (including phenoxy) is 1. The molecular weight excluding hydrogens is 218 g/mol. The zero-order valence-electron chi connectivity index (χ0n) is 12.0. The lowest BCUT2D eigenvalue weighted by molar-refractivity contribution is 0.0123. The molecule has 0 aromatic carbocycles. The molecule has 0 aromatic heterocycles. The summed E-state index contributed by atoms with van der Waals surface area (Å²) >= 11 is 2.02. The predicted octanol–water partition coefficient (Wildman–Crippen LogP) is 3.31. The van der Waals surface area contributed by atoms with Crippen LogP contribution in [0.1, 0.15) is 47.5 Å². The van der Waals surface area contributed by atoms with E-state index in [0.29, 0.717) is 10.8 Å². The van der Waals surface area contributed by atoms with Crippen molar-refractivity contribution in [1.82, 2.24) is 5.32 Å². The van der Waals surface area contributed by atoms with Gasteiger partial charge in [-0.25, -0.2) is 0 Å². The number of methoxy groups -OCH3 is 1. The lowest BCUT2D eigenvalue weighted by Gasteiger charge is -2.27. The van der Waals surface area contributed by atoms with Gasteiger partial charge in [0.25, 0.3) is 0 Å². The standard InChI is InChI=1S/C13H29NOS/c1-12(2,3)16-10-11(14-6)8-9-13(4,5)15-7/h11,14H,8-10H2,1-7H3. The van der Waals surface area contributed by atoms with E-state index in [0.717, 1.165) is 6.42 Å². The quantitative estimate of drug-likeness (QED) is 0.746. The molecule has 1 unspecified atom stereocenters. The van der Waals surface area contributed by atoms with Crippen molar-refractivity contribution >= 4 is 11.8 Å². The largest absolute Gasteiger partial charge is 0.379 e. The highest BCUT2D eigenvalue weighted by Crippen LogP contribution is 2.25. The highest BCUT2D eigenvalue weighted by molar-refractivity contribution is 8.00. The number of rotatable bonds is 7. The zero-order chi connectivity index (χ0) is 12.8. The van der Waals surface area contributed by atoms with E-state index in [1.165, 1.54) is 12.2 Å². The smallest absolute Gasteiger partial charge is 0.0623 e. The van der Waals surface area contributed by atoms with Gasteiger partial charge in [-0.05, 0) is 33.7 Å². The van der Waals surface area contributed by atoms with Crippen molar-refractivity contribution in [2.45, 2.75) is 63.9 Å². The first kappa shape index (κ1) is 16.3. The maximum atomic E-state index is 5.44. The van der Waals surface area contributed by atoms with Gasteiger partial charge in [0.1, 0.15) is 0 Å². The van der Waals surface area contributed by atoms with Crippen LogP contribution in [0, 0.1) is 0 Å². The normalized spacial score (nSPS) is 15.2. The summed E-state index contributed by atoms with van der Waals surface area (Å²) in [6.45, 7) is 11.1. The van der Waals surface area contributed by atoms with Crippen LogP contribution in [0.15, 0.2) is 0 Å². The van der Waals surface area contributed by atoms with E-state index in [-0.39, 0.29) is 5.60 Å². The molecule has 0 aliphatic carbocycles. The van der Waals surface area contributed by atoms with Crippen LogP contribution in [-0.2, 0) is 4.74 Å². The third kappa shape index (κ3) is 8.43. The van der Waals surface area contributed by atoms with Crippen molar-refractivity contribution in [3.63, 3.8) is 0 Å². The lowest BCUT2D eigenvalue weighted by Crippen LogP contribution is -2.33. The van der Waals surface area contributed by atoms with Crippen molar-refractivity contribution in [2.75, 3.05) is 19.9 Å². The molecule has 0 amide bonds. The van der Waals surface area contributed by atoms with E-state index in [1.807, 2.05) is 18.8 Å². The van der Waals surface area contributed by atoms with Crippen LogP contribution in [0.2, 0.25) is 0 Å². The summed E-state index contributed by atoms with van der Waals surface area (Å²) in [6, 6.07) is 0.582. The van der Waals surface area contributed by atoms with Gasteiger partial charge < -0.3 is 10.1 Å². The molecule has 16 heavy (non-hydrogen) atoms. The Labute approximate surface area is 106 Å². The average molecular weight is 247 g/mol. The highest BCUT2D eigenvalue weighted by Gasteiger charge is 2.20. The summed E-state index contributed by atoms with van der Waals surface area (Å²) < 4.78 is 5.80. The summed E-state index contributed by atoms with van der Waals surface area (Å²) in [4.78, 5) is 0. The molecule has 0 saturated heterocycles. The molecule has 0 saturated carbocycles. The van der Waals surface area contributed by atoms with E-state index >= 15 is 0 Å². The van der Waals surface area contributed by atoms with Crippen molar-refractivity contribution in [1.29, 1.82) is 0 Å². The van der Waals surface area contributed by atoms with Crippen LogP contribution in [0.5, 0.6) is 0 Å². The molecule has 0 fully saturated rings. The minimum absolute atomic E-state index is 0.00149. The fourth-order valence-corrected chi connectivity index (χ4v) is 2.32. The maximum Gasteiger partial charge on any atom is 0.0623 e. The molecule has 0 aromatic rings. The Kier molecular flexibility index (Phi) is 6.99. The third-order valence-electron chi connectivity index (χ3n) is 2.77. The van der Waals surface area contributed by atoms with Crippen LogP contribution in [0.4, 0.5) is 0 Å². The molecular formula is C13H29NOS. The Morgan fingerprint density at radius 3 is 2.12 bits per heavy atom. The number of hydrogen-bond acceptors (Lipinski definition) is 3. The van der Waals surface area contributed by atoms with Gasteiger partial charge in [0.05, 0.1) is 5.60 Å². The molecule has 3 heteroatoms. The fraction of sp³-hybridized carbons (Fsp3) is 1.00. The third-order valence-corrected chi connectivity index (χ3v) is 4.21. The van der Waals surface area contributed by atoms with Crippen LogP contribution < -0.4 is 5.32 Å². The topological polar surface area (TPSA) is 21.3 Å². The zero-order valence-corrected chi connectivity index (χ0v) is 12.8. The van der Waals surface area contributed by atoms with Gasteiger partial charge in [0.2, 0.25) is 0 Å². The first-order chi connectivity index (χ1) is 7.20. The SMILES string of the molecule is CNC(CCC(C)(C)OC)CSC(C)(C)C. The molecule has 0 bridgehead atoms. The van der Waals surface area contributed by atoms with Gasteiger partial charge in [-0.15, -0.1) is 0 Å². The molecule has 0 radical (unpaired) electrons. The molecule has 0 heterocycles. The van der Waals surface area contributed by atoms with Crippen molar-refractivity contribution in [2.24, 2.45) is 0 Å². The molecule has 2 nitrogen and oxygen atoms in total. The Morgan fingerprint density at radius 1 is 1.19 bits per heavy atom. The highest BCUT2D eigenvalue weighted by atomic mass is 32.2. The number of hydrogen-bond donors (Lipinski definition) is 1. The molecule has 1 N–H and O–H groups in total. The summed E-state index contributed by atoms with van der Waals surface area (Å²) in [5.74, 6) is 1.17. The van der Waals surface area contributed by atoms with Crippen LogP contribution in [0.3, 0.4) is 0 Å². The van der Waals surface area contributed by atoms with Gasteiger partial charge in [-0.1, -0.05) is 20.8 Å². The predicted molar refractivity (Wildman–Crippen MR) is 75.4 cm³/mol. The lowest BCUT2D eigenvalue weighted by atomic mass is 9.99. The van der Waals surface area contributed by atoms with Crippen LogP contribution in [0.25, 0.3) is 0 Å². The van der Waals surface area contributed by atoms with E-state index < -0.39 is 0 Å². The second kappa shape index (κ2) is 6.87. The second-order valence-corrected chi connectivity index (χ2v) is 7.76. The number of thioether (sulfide) groups is 1. The van der Waals surface area contributed by atoms with Crippen LogP contribution >= 0.6 is 11.8 Å². The summed E-state index contributed by atoms with van der Waals surface area (Å²) in [5, 5.41) is 3.39. The first-order valence-electron chi connectivity index (χ1n) is 6.06. The van der Waals surface area contributed by atoms with Crippen molar-refractivity contribution in [3.05, 3.63) is 0 Å². The van der Waals surface area contributed by atoms with Gasteiger partial charge in [0.15, 0.2) is 0 Å². The number of nitrogens with one attached hydrogen (secondary N) is 1. The molecule has 0 rings (SSSR count).